The molecule has 6 heteroatoms. The summed E-state index contributed by atoms with van der Waals surface area (Å²) in [6.45, 7) is 6.40. The van der Waals surface area contributed by atoms with Crippen LogP contribution in [-0.2, 0) is 6.54 Å². The first kappa shape index (κ1) is 16.8. The summed E-state index contributed by atoms with van der Waals surface area (Å²) in [6, 6.07) is 5.84. The minimum absolute atomic E-state index is 0.0596. The molecule has 0 bridgehead atoms. The number of carbonyl (C=O) groups is 1. The first-order valence-electron chi connectivity index (χ1n) is 8.06. The van der Waals surface area contributed by atoms with Crippen molar-refractivity contribution >= 4 is 22.8 Å². The second-order valence-corrected chi connectivity index (χ2v) is 6.33. The number of hydrogen-bond donors (Lipinski definition) is 1. The van der Waals surface area contributed by atoms with Crippen LogP contribution in [0.1, 0.15) is 32.7 Å². The molecule has 0 spiro atoms. The molecule has 1 aromatic carbocycles. The van der Waals surface area contributed by atoms with Crippen LogP contribution < -0.4 is 5.73 Å². The predicted octanol–water partition coefficient (Wildman–Crippen LogP) is 2.80. The van der Waals surface area contributed by atoms with Crippen molar-refractivity contribution in [1.82, 2.24) is 19.9 Å². The Hall–Kier alpha value is -3.02. The SMILES string of the molecule is Cc1cc(C(=O)N(C)Cc2cnc(N)nc2)c2ccc(C)c(C)c2n1. The van der Waals surface area contributed by atoms with Crippen molar-refractivity contribution in [3.05, 3.63) is 58.5 Å². The van der Waals surface area contributed by atoms with E-state index in [-0.39, 0.29) is 11.9 Å². The van der Waals surface area contributed by atoms with E-state index in [1.807, 2.05) is 39.0 Å². The van der Waals surface area contributed by atoms with E-state index in [2.05, 4.69) is 15.0 Å². The number of pyridine rings is 1. The Morgan fingerprint density at radius 1 is 1.16 bits per heavy atom. The third-order valence-corrected chi connectivity index (χ3v) is 4.36. The summed E-state index contributed by atoms with van der Waals surface area (Å²) in [5.41, 5.74) is 11.0. The maximum absolute atomic E-state index is 13.0. The fourth-order valence-corrected chi connectivity index (χ4v) is 2.83. The minimum atomic E-state index is -0.0596. The number of benzene rings is 1. The highest BCUT2D eigenvalue weighted by molar-refractivity contribution is 6.06. The van der Waals surface area contributed by atoms with Crippen LogP contribution in [0.15, 0.2) is 30.6 Å². The zero-order chi connectivity index (χ0) is 18.1. The Bertz CT molecular complexity index is 950. The molecule has 3 rings (SSSR count). The fourth-order valence-electron chi connectivity index (χ4n) is 2.83. The normalized spacial score (nSPS) is 10.9. The number of aryl methyl sites for hydroxylation is 3. The van der Waals surface area contributed by atoms with Gasteiger partial charge >= 0.3 is 0 Å². The lowest BCUT2D eigenvalue weighted by Gasteiger charge is -2.19. The van der Waals surface area contributed by atoms with Crippen molar-refractivity contribution in [3.8, 4) is 0 Å². The maximum atomic E-state index is 13.0. The zero-order valence-corrected chi connectivity index (χ0v) is 14.9. The lowest BCUT2D eigenvalue weighted by molar-refractivity contribution is 0.0786. The molecule has 1 amide bonds. The van der Waals surface area contributed by atoms with Gasteiger partial charge in [-0.25, -0.2) is 9.97 Å². The van der Waals surface area contributed by atoms with Gasteiger partial charge in [0, 0.05) is 42.6 Å². The van der Waals surface area contributed by atoms with Crippen molar-refractivity contribution < 1.29 is 4.79 Å². The van der Waals surface area contributed by atoms with Gasteiger partial charge in [-0.2, -0.15) is 0 Å². The highest BCUT2D eigenvalue weighted by atomic mass is 16.2. The number of fused-ring (bicyclic) bond motifs is 1. The topological polar surface area (TPSA) is 85.0 Å². The molecule has 0 unspecified atom stereocenters. The van der Waals surface area contributed by atoms with E-state index in [9.17, 15) is 4.79 Å². The quantitative estimate of drug-likeness (QED) is 0.795. The molecule has 2 heterocycles. The van der Waals surface area contributed by atoms with Crippen LogP contribution in [0.5, 0.6) is 0 Å². The predicted molar refractivity (Wildman–Crippen MR) is 98.2 cm³/mol. The van der Waals surface area contributed by atoms with Gasteiger partial charge in [0.25, 0.3) is 5.91 Å². The van der Waals surface area contributed by atoms with Crippen molar-refractivity contribution in [2.24, 2.45) is 0 Å². The average Bonchev–Trinajstić information content (AvgIpc) is 2.59. The molecule has 0 radical (unpaired) electrons. The summed E-state index contributed by atoms with van der Waals surface area (Å²) in [7, 11) is 1.77. The molecule has 0 aliphatic heterocycles. The van der Waals surface area contributed by atoms with Gasteiger partial charge < -0.3 is 10.6 Å². The molecule has 0 saturated carbocycles. The van der Waals surface area contributed by atoms with Crippen LogP contribution in [-0.4, -0.2) is 32.8 Å². The Morgan fingerprint density at radius 3 is 2.52 bits per heavy atom. The van der Waals surface area contributed by atoms with E-state index in [1.54, 1.807) is 24.3 Å². The first-order valence-corrected chi connectivity index (χ1v) is 8.06. The first-order chi connectivity index (χ1) is 11.9. The molecule has 0 aliphatic carbocycles. The molecule has 2 N–H and O–H groups in total. The number of nitrogen functional groups attached to an aromatic ring is 1. The van der Waals surface area contributed by atoms with Crippen molar-refractivity contribution in [2.45, 2.75) is 27.3 Å². The summed E-state index contributed by atoms with van der Waals surface area (Å²) < 4.78 is 0. The molecule has 0 fully saturated rings. The van der Waals surface area contributed by atoms with E-state index < -0.39 is 0 Å². The van der Waals surface area contributed by atoms with E-state index in [0.29, 0.717) is 12.1 Å². The third-order valence-electron chi connectivity index (χ3n) is 4.36. The Kier molecular flexibility index (Phi) is 4.35. The summed E-state index contributed by atoms with van der Waals surface area (Å²) >= 11 is 0. The smallest absolute Gasteiger partial charge is 0.254 e. The van der Waals surface area contributed by atoms with Crippen LogP contribution in [0.2, 0.25) is 0 Å². The molecule has 0 atom stereocenters. The number of anilines is 1. The number of rotatable bonds is 3. The van der Waals surface area contributed by atoms with Crippen molar-refractivity contribution in [3.63, 3.8) is 0 Å². The summed E-state index contributed by atoms with van der Waals surface area (Å²) in [5.74, 6) is 0.162. The Morgan fingerprint density at radius 2 is 1.84 bits per heavy atom. The van der Waals surface area contributed by atoms with Crippen molar-refractivity contribution in [1.29, 1.82) is 0 Å². The second-order valence-electron chi connectivity index (χ2n) is 6.33. The van der Waals surface area contributed by atoms with Crippen LogP contribution in [0.4, 0.5) is 5.95 Å². The average molecular weight is 335 g/mol. The summed E-state index contributed by atoms with van der Waals surface area (Å²) in [4.78, 5) is 27.2. The summed E-state index contributed by atoms with van der Waals surface area (Å²) in [6.07, 6.45) is 3.27. The highest BCUT2D eigenvalue weighted by Crippen LogP contribution is 2.25. The molecule has 3 aromatic rings. The van der Waals surface area contributed by atoms with Gasteiger partial charge in [-0.05, 0) is 38.0 Å². The molecule has 0 saturated heterocycles. The Balaban J connectivity index is 1.98. The third kappa shape index (κ3) is 3.28. The van der Waals surface area contributed by atoms with Gasteiger partial charge in [-0.15, -0.1) is 0 Å². The standard InChI is InChI=1S/C19H21N5O/c1-11-5-6-15-16(7-12(2)23-17(15)13(11)3)18(25)24(4)10-14-8-21-19(20)22-9-14/h5-9H,10H2,1-4H3,(H2,20,21,22). The molecule has 2 aromatic heterocycles. The molecular formula is C19H21N5O. The van der Waals surface area contributed by atoms with E-state index >= 15 is 0 Å². The van der Waals surface area contributed by atoms with Gasteiger partial charge in [0.1, 0.15) is 0 Å². The van der Waals surface area contributed by atoms with Crippen LogP contribution in [0, 0.1) is 20.8 Å². The lowest BCUT2D eigenvalue weighted by Crippen LogP contribution is -2.27. The molecule has 6 nitrogen and oxygen atoms in total. The minimum Gasteiger partial charge on any atom is -0.368 e. The van der Waals surface area contributed by atoms with Gasteiger partial charge in [0.15, 0.2) is 0 Å². The van der Waals surface area contributed by atoms with Crippen molar-refractivity contribution in [2.75, 3.05) is 12.8 Å². The largest absolute Gasteiger partial charge is 0.368 e. The number of aromatic nitrogens is 3. The van der Waals surface area contributed by atoms with Gasteiger partial charge in [0.05, 0.1) is 11.1 Å². The van der Waals surface area contributed by atoms with Gasteiger partial charge in [0.2, 0.25) is 5.95 Å². The number of carbonyl (C=O) groups excluding carboxylic acids is 1. The fraction of sp³-hybridized carbons (Fsp3) is 0.263. The number of hydrogen-bond acceptors (Lipinski definition) is 5. The highest BCUT2D eigenvalue weighted by Gasteiger charge is 2.18. The molecule has 128 valence electrons. The number of amides is 1. The number of nitrogens with two attached hydrogens (primary N) is 1. The van der Waals surface area contributed by atoms with Crippen LogP contribution >= 0.6 is 0 Å². The number of nitrogens with zero attached hydrogens (tertiary/aromatic N) is 4. The summed E-state index contributed by atoms with van der Waals surface area (Å²) in [5, 5.41) is 0.874. The van der Waals surface area contributed by atoms with E-state index in [1.165, 1.54) is 0 Å². The second kappa shape index (κ2) is 6.47. The van der Waals surface area contributed by atoms with Gasteiger partial charge in [-0.3, -0.25) is 9.78 Å². The molecule has 25 heavy (non-hydrogen) atoms. The van der Waals surface area contributed by atoms with E-state index in [4.69, 9.17) is 5.73 Å². The molecule has 0 aliphatic rings. The maximum Gasteiger partial charge on any atom is 0.254 e. The van der Waals surface area contributed by atoms with Crippen LogP contribution in [0.3, 0.4) is 0 Å². The van der Waals surface area contributed by atoms with Crippen LogP contribution in [0.25, 0.3) is 10.9 Å². The zero-order valence-electron chi connectivity index (χ0n) is 14.9. The van der Waals surface area contributed by atoms with E-state index in [0.717, 1.165) is 33.3 Å². The Labute approximate surface area is 146 Å². The lowest BCUT2D eigenvalue weighted by atomic mass is 10.0. The molecular weight excluding hydrogens is 314 g/mol. The monoisotopic (exact) mass is 335 g/mol. The van der Waals surface area contributed by atoms with Gasteiger partial charge in [-0.1, -0.05) is 12.1 Å².